The predicted octanol–water partition coefficient (Wildman–Crippen LogP) is 3.87. The smallest absolute Gasteiger partial charge is 0.315 e. The number of hydrogen-bond acceptors (Lipinski definition) is 5. The highest BCUT2D eigenvalue weighted by Crippen LogP contribution is 2.41. The number of nitrogens with one attached hydrogen (secondary N) is 1. The van der Waals surface area contributed by atoms with Crippen molar-refractivity contribution in [1.82, 2.24) is 4.98 Å². The quantitative estimate of drug-likeness (QED) is 0.858. The fraction of sp³-hybridized carbons (Fsp3) is 0.750. The molecule has 5 heteroatoms. The van der Waals surface area contributed by atoms with Gasteiger partial charge >= 0.3 is 5.97 Å². The van der Waals surface area contributed by atoms with E-state index in [2.05, 4.69) is 12.2 Å². The molecule has 1 aromatic heterocycles. The average molecular weight is 308 g/mol. The minimum atomic E-state index is -0.147. The maximum Gasteiger partial charge on any atom is 0.315 e. The number of thiazole rings is 1. The third kappa shape index (κ3) is 3.07. The number of aryl methyl sites for hydroxylation is 1. The summed E-state index contributed by atoms with van der Waals surface area (Å²) >= 11 is 1.72. The molecule has 0 saturated heterocycles. The molecule has 21 heavy (non-hydrogen) atoms. The zero-order valence-corrected chi connectivity index (χ0v) is 13.7. The van der Waals surface area contributed by atoms with Gasteiger partial charge in [0.05, 0.1) is 12.3 Å². The number of carbonyl (C=O) groups excluding carboxylic acids is 1. The Morgan fingerprint density at radius 1 is 1.43 bits per heavy atom. The number of aromatic nitrogens is 1. The van der Waals surface area contributed by atoms with Gasteiger partial charge in [-0.05, 0) is 39.5 Å². The molecule has 0 spiro atoms. The molecule has 2 aliphatic rings. The second-order valence-corrected chi connectivity index (χ2v) is 7.50. The number of hydrogen-bond donors (Lipinski definition) is 1. The van der Waals surface area contributed by atoms with Crippen LogP contribution in [0.25, 0.3) is 0 Å². The molecule has 1 aromatic rings. The fourth-order valence-corrected chi connectivity index (χ4v) is 4.66. The van der Waals surface area contributed by atoms with Crippen LogP contribution in [0.15, 0.2) is 0 Å². The monoisotopic (exact) mass is 308 g/mol. The molecule has 4 nitrogen and oxygen atoms in total. The number of carbonyl (C=O) groups is 1. The number of esters is 1. The lowest BCUT2D eigenvalue weighted by Crippen LogP contribution is -2.36. The summed E-state index contributed by atoms with van der Waals surface area (Å²) in [7, 11) is 0. The van der Waals surface area contributed by atoms with Gasteiger partial charge in [0.2, 0.25) is 0 Å². The van der Waals surface area contributed by atoms with Crippen LogP contribution < -0.4 is 5.32 Å². The Balaban J connectivity index is 1.72. The average Bonchev–Trinajstić information content (AvgIpc) is 2.98. The van der Waals surface area contributed by atoms with E-state index in [-0.39, 0.29) is 17.4 Å². The summed E-state index contributed by atoms with van der Waals surface area (Å²) in [5.41, 5.74) is 1.13. The van der Waals surface area contributed by atoms with E-state index in [1.165, 1.54) is 37.0 Å². The van der Waals surface area contributed by atoms with E-state index in [4.69, 9.17) is 9.72 Å². The van der Waals surface area contributed by atoms with Gasteiger partial charge in [-0.25, -0.2) is 4.98 Å². The van der Waals surface area contributed by atoms with Crippen LogP contribution >= 0.6 is 11.3 Å². The third-order valence-electron chi connectivity index (χ3n) is 4.65. The van der Waals surface area contributed by atoms with Crippen molar-refractivity contribution in [2.24, 2.45) is 0 Å². The molecule has 0 aromatic carbocycles. The SMILES string of the molecule is CCOC(=O)C1CCc2sc(NC3(C)CCCCC3)nc21. The Labute approximate surface area is 130 Å². The second kappa shape index (κ2) is 5.95. The highest BCUT2D eigenvalue weighted by molar-refractivity contribution is 7.15. The van der Waals surface area contributed by atoms with Gasteiger partial charge in [-0.3, -0.25) is 4.79 Å². The zero-order chi connectivity index (χ0) is 14.9. The van der Waals surface area contributed by atoms with Crippen LogP contribution in [0.3, 0.4) is 0 Å². The Bertz CT molecular complexity index is 520. The lowest BCUT2D eigenvalue weighted by atomic mass is 9.83. The van der Waals surface area contributed by atoms with E-state index in [0.29, 0.717) is 6.61 Å². The Morgan fingerprint density at radius 3 is 2.90 bits per heavy atom. The van der Waals surface area contributed by atoms with Crippen molar-refractivity contribution in [1.29, 1.82) is 0 Å². The van der Waals surface area contributed by atoms with Crippen molar-refractivity contribution in [2.75, 3.05) is 11.9 Å². The van der Waals surface area contributed by atoms with Crippen LogP contribution in [0, 0.1) is 0 Å². The summed E-state index contributed by atoms with van der Waals surface area (Å²) in [4.78, 5) is 18.0. The van der Waals surface area contributed by atoms with Crippen molar-refractivity contribution in [3.8, 4) is 0 Å². The largest absolute Gasteiger partial charge is 0.465 e. The molecule has 1 saturated carbocycles. The number of fused-ring (bicyclic) bond motifs is 1. The predicted molar refractivity (Wildman–Crippen MR) is 84.9 cm³/mol. The van der Waals surface area contributed by atoms with Crippen LogP contribution in [0.5, 0.6) is 0 Å². The Hall–Kier alpha value is -1.10. The van der Waals surface area contributed by atoms with Gasteiger partial charge in [-0.15, -0.1) is 11.3 Å². The second-order valence-electron chi connectivity index (χ2n) is 6.42. The molecule has 2 aliphatic carbocycles. The number of anilines is 1. The van der Waals surface area contributed by atoms with Gasteiger partial charge in [0, 0.05) is 10.4 Å². The van der Waals surface area contributed by atoms with E-state index in [1.807, 2.05) is 6.92 Å². The Morgan fingerprint density at radius 2 is 2.19 bits per heavy atom. The molecule has 1 N–H and O–H groups in total. The van der Waals surface area contributed by atoms with Gasteiger partial charge in [-0.2, -0.15) is 0 Å². The lowest BCUT2D eigenvalue weighted by molar-refractivity contribution is -0.145. The van der Waals surface area contributed by atoms with Crippen LogP contribution in [-0.4, -0.2) is 23.1 Å². The molecule has 1 heterocycles. The van der Waals surface area contributed by atoms with E-state index in [1.54, 1.807) is 11.3 Å². The molecule has 116 valence electrons. The summed E-state index contributed by atoms with van der Waals surface area (Å²) in [5.74, 6) is -0.261. The van der Waals surface area contributed by atoms with Crippen LogP contribution in [0.1, 0.15) is 68.9 Å². The molecule has 0 bridgehead atoms. The van der Waals surface area contributed by atoms with Gasteiger partial charge in [0.1, 0.15) is 5.92 Å². The topological polar surface area (TPSA) is 51.2 Å². The van der Waals surface area contributed by atoms with Crippen molar-refractivity contribution in [3.05, 3.63) is 10.6 Å². The molecule has 0 aliphatic heterocycles. The van der Waals surface area contributed by atoms with Crippen molar-refractivity contribution >= 4 is 22.4 Å². The van der Waals surface area contributed by atoms with Crippen LogP contribution in [-0.2, 0) is 16.0 Å². The number of rotatable bonds is 4. The molecular formula is C16H24N2O2S. The van der Waals surface area contributed by atoms with Crippen LogP contribution in [0.2, 0.25) is 0 Å². The van der Waals surface area contributed by atoms with Gasteiger partial charge in [-0.1, -0.05) is 19.3 Å². The van der Waals surface area contributed by atoms with E-state index in [0.717, 1.165) is 23.7 Å². The molecule has 3 rings (SSSR count). The van der Waals surface area contributed by atoms with Gasteiger partial charge in [0.25, 0.3) is 0 Å². The normalized spacial score (nSPS) is 23.6. The first kappa shape index (κ1) is 14.8. The zero-order valence-electron chi connectivity index (χ0n) is 12.9. The van der Waals surface area contributed by atoms with E-state index in [9.17, 15) is 4.79 Å². The molecule has 1 fully saturated rings. The highest BCUT2D eigenvalue weighted by Gasteiger charge is 2.35. The number of nitrogens with zero attached hydrogens (tertiary/aromatic N) is 1. The van der Waals surface area contributed by atoms with E-state index >= 15 is 0 Å². The number of ether oxygens (including phenoxy) is 1. The molecule has 1 atom stereocenters. The minimum Gasteiger partial charge on any atom is -0.465 e. The van der Waals surface area contributed by atoms with Crippen molar-refractivity contribution < 1.29 is 9.53 Å². The van der Waals surface area contributed by atoms with Crippen LogP contribution in [0.4, 0.5) is 5.13 Å². The summed E-state index contributed by atoms with van der Waals surface area (Å²) in [6.07, 6.45) is 8.15. The Kier molecular flexibility index (Phi) is 4.20. The highest BCUT2D eigenvalue weighted by atomic mass is 32.1. The van der Waals surface area contributed by atoms with Crippen molar-refractivity contribution in [3.63, 3.8) is 0 Å². The lowest BCUT2D eigenvalue weighted by Gasteiger charge is -2.34. The standard InChI is InChI=1S/C16H24N2O2S/c1-3-20-14(19)11-7-8-12-13(11)17-15(21-12)18-16(2)9-5-4-6-10-16/h11H,3-10H2,1-2H3,(H,17,18). The molecule has 0 radical (unpaired) electrons. The summed E-state index contributed by atoms with van der Waals surface area (Å²) in [6, 6.07) is 0. The summed E-state index contributed by atoms with van der Waals surface area (Å²) in [5, 5.41) is 4.62. The summed E-state index contributed by atoms with van der Waals surface area (Å²) in [6.45, 7) is 4.59. The first-order valence-electron chi connectivity index (χ1n) is 8.06. The maximum absolute atomic E-state index is 12.0. The molecule has 0 amide bonds. The van der Waals surface area contributed by atoms with Gasteiger partial charge in [0.15, 0.2) is 5.13 Å². The van der Waals surface area contributed by atoms with Gasteiger partial charge < -0.3 is 10.1 Å². The van der Waals surface area contributed by atoms with Crippen molar-refractivity contribution in [2.45, 2.75) is 70.3 Å². The fourth-order valence-electron chi connectivity index (χ4n) is 3.47. The third-order valence-corrected chi connectivity index (χ3v) is 5.70. The first-order chi connectivity index (χ1) is 10.1. The minimum absolute atomic E-state index is 0.114. The summed E-state index contributed by atoms with van der Waals surface area (Å²) < 4.78 is 5.17. The first-order valence-corrected chi connectivity index (χ1v) is 8.87. The molecule has 1 unspecified atom stereocenters. The molecular weight excluding hydrogens is 284 g/mol. The maximum atomic E-state index is 12.0. The van der Waals surface area contributed by atoms with E-state index < -0.39 is 0 Å².